The van der Waals surface area contributed by atoms with E-state index in [1.807, 2.05) is 32.9 Å². The van der Waals surface area contributed by atoms with E-state index in [1.54, 1.807) is 4.31 Å². The Morgan fingerprint density at radius 2 is 1.72 bits per heavy atom. The number of carbonyl (C=O) groups excluding carboxylic acids is 2. The number of hydrogen-bond acceptors (Lipinski definition) is 5. The summed E-state index contributed by atoms with van der Waals surface area (Å²) in [5, 5.41) is 2.80. The van der Waals surface area contributed by atoms with Gasteiger partial charge < -0.3 is 10.1 Å². The number of esters is 1. The van der Waals surface area contributed by atoms with E-state index in [-0.39, 0.29) is 27.3 Å². The Kier molecular flexibility index (Phi) is 6.81. The number of hydrogen-bond donors (Lipinski definition) is 1. The first-order chi connectivity index (χ1) is 16.7. The molecule has 2 aromatic rings. The summed E-state index contributed by atoms with van der Waals surface area (Å²) in [4.78, 5) is 25.2. The van der Waals surface area contributed by atoms with Crippen molar-refractivity contribution in [2.45, 2.75) is 71.7 Å². The third kappa shape index (κ3) is 5.34. The molecule has 7 nitrogen and oxygen atoms in total. The normalized spacial score (nSPS) is 23.3. The molecule has 1 N–H and O–H groups in total. The van der Waals surface area contributed by atoms with Gasteiger partial charge in [-0.2, -0.15) is 4.31 Å². The summed E-state index contributed by atoms with van der Waals surface area (Å²) in [5.74, 6) is -1.20. The highest BCUT2D eigenvalue weighted by Gasteiger charge is 2.53. The number of ether oxygens (including phenoxy) is 1. The number of amides is 1. The van der Waals surface area contributed by atoms with Crippen molar-refractivity contribution in [3.8, 4) is 0 Å². The molecule has 1 saturated heterocycles. The Labute approximate surface area is 214 Å². The van der Waals surface area contributed by atoms with Gasteiger partial charge >= 0.3 is 5.97 Å². The standard InChI is InChI=1S/C28H36N2O5S/c1-18-10-19(2)25(20(3)11-18)29-24(31)15-35-26(32)21-8-7-9-23(12-21)36(33,34)30-17-28(6)14-22(30)13-27(4,5)16-28/h7-12,22H,13-17H2,1-6H3,(H,29,31). The zero-order valence-corrected chi connectivity index (χ0v) is 22.8. The average Bonchev–Trinajstić information content (AvgIpc) is 3.03. The minimum atomic E-state index is -3.78. The van der Waals surface area contributed by atoms with Crippen LogP contribution in [0.4, 0.5) is 5.69 Å². The smallest absolute Gasteiger partial charge is 0.338 e. The third-order valence-electron chi connectivity index (χ3n) is 7.32. The summed E-state index contributed by atoms with van der Waals surface area (Å²) in [6.45, 7) is 12.4. The zero-order valence-electron chi connectivity index (χ0n) is 22.0. The van der Waals surface area contributed by atoms with Crippen molar-refractivity contribution in [2.24, 2.45) is 10.8 Å². The number of nitrogens with zero attached hydrogens (tertiary/aromatic N) is 1. The van der Waals surface area contributed by atoms with Crippen LogP contribution in [-0.4, -0.2) is 43.8 Å². The van der Waals surface area contributed by atoms with Crippen LogP contribution < -0.4 is 5.32 Å². The van der Waals surface area contributed by atoms with E-state index in [0.29, 0.717) is 12.2 Å². The van der Waals surface area contributed by atoms with Crippen molar-refractivity contribution >= 4 is 27.6 Å². The van der Waals surface area contributed by atoms with E-state index < -0.39 is 28.5 Å². The molecule has 2 atom stereocenters. The van der Waals surface area contributed by atoms with Gasteiger partial charge in [-0.3, -0.25) is 4.79 Å². The van der Waals surface area contributed by atoms with Crippen LogP contribution in [0.3, 0.4) is 0 Å². The van der Waals surface area contributed by atoms with Gasteiger partial charge in [0.15, 0.2) is 6.61 Å². The second-order valence-corrected chi connectivity index (χ2v) is 13.6. The highest BCUT2D eigenvalue weighted by Crippen LogP contribution is 2.53. The van der Waals surface area contributed by atoms with Crippen LogP contribution in [0.2, 0.25) is 0 Å². The quantitative estimate of drug-likeness (QED) is 0.550. The molecule has 2 bridgehead atoms. The lowest BCUT2D eigenvalue weighted by Gasteiger charge is -2.39. The fourth-order valence-corrected chi connectivity index (χ4v) is 8.20. The molecule has 2 unspecified atom stereocenters. The molecular weight excluding hydrogens is 476 g/mol. The van der Waals surface area contributed by atoms with Gasteiger partial charge in [-0.05, 0) is 80.2 Å². The second kappa shape index (κ2) is 9.30. The van der Waals surface area contributed by atoms with Crippen molar-refractivity contribution < 1.29 is 22.7 Å². The van der Waals surface area contributed by atoms with Crippen molar-refractivity contribution in [1.82, 2.24) is 4.31 Å². The SMILES string of the molecule is Cc1cc(C)c(NC(=O)COC(=O)c2cccc(S(=O)(=O)N3CC4(C)CC3CC(C)(C)C4)c2)c(C)c1. The molecule has 1 aliphatic carbocycles. The van der Waals surface area contributed by atoms with Gasteiger partial charge in [-0.15, -0.1) is 0 Å². The summed E-state index contributed by atoms with van der Waals surface area (Å²) in [6.07, 6.45) is 2.66. The monoisotopic (exact) mass is 512 g/mol. The number of aryl methyl sites for hydroxylation is 3. The summed E-state index contributed by atoms with van der Waals surface area (Å²) in [7, 11) is -3.78. The lowest BCUT2D eigenvalue weighted by molar-refractivity contribution is -0.119. The highest BCUT2D eigenvalue weighted by atomic mass is 32.2. The maximum Gasteiger partial charge on any atom is 0.338 e. The maximum absolute atomic E-state index is 13.6. The van der Waals surface area contributed by atoms with Crippen LogP contribution in [0.1, 0.15) is 67.1 Å². The molecule has 2 aliphatic rings. The number of benzene rings is 2. The fraction of sp³-hybridized carbons (Fsp3) is 0.500. The molecule has 4 rings (SSSR count). The second-order valence-electron chi connectivity index (χ2n) is 11.7. The van der Waals surface area contributed by atoms with Gasteiger partial charge in [-0.1, -0.05) is 44.5 Å². The Hall–Kier alpha value is -2.71. The first-order valence-electron chi connectivity index (χ1n) is 12.4. The summed E-state index contributed by atoms with van der Waals surface area (Å²) < 4.78 is 34.0. The predicted molar refractivity (Wildman–Crippen MR) is 139 cm³/mol. The van der Waals surface area contributed by atoms with Gasteiger partial charge in [0.05, 0.1) is 10.5 Å². The van der Waals surface area contributed by atoms with E-state index in [9.17, 15) is 18.0 Å². The largest absolute Gasteiger partial charge is 0.452 e. The number of nitrogens with one attached hydrogen (secondary N) is 1. The van der Waals surface area contributed by atoms with Gasteiger partial charge in [-0.25, -0.2) is 13.2 Å². The summed E-state index contributed by atoms with van der Waals surface area (Å²) in [6, 6.07) is 9.79. The highest BCUT2D eigenvalue weighted by molar-refractivity contribution is 7.89. The molecule has 36 heavy (non-hydrogen) atoms. The molecule has 1 heterocycles. The Balaban J connectivity index is 1.44. The van der Waals surface area contributed by atoms with Crippen molar-refractivity contribution in [1.29, 1.82) is 0 Å². The first-order valence-corrected chi connectivity index (χ1v) is 13.8. The fourth-order valence-electron chi connectivity index (χ4n) is 6.38. The third-order valence-corrected chi connectivity index (χ3v) is 9.21. The van der Waals surface area contributed by atoms with Crippen molar-refractivity contribution in [3.63, 3.8) is 0 Å². The zero-order chi connectivity index (χ0) is 26.5. The van der Waals surface area contributed by atoms with E-state index >= 15 is 0 Å². The topological polar surface area (TPSA) is 92.8 Å². The van der Waals surface area contributed by atoms with E-state index in [0.717, 1.165) is 36.0 Å². The Morgan fingerprint density at radius 3 is 2.39 bits per heavy atom. The van der Waals surface area contributed by atoms with Gasteiger partial charge in [0, 0.05) is 18.3 Å². The molecule has 0 aromatic heterocycles. The van der Waals surface area contributed by atoms with Crippen LogP contribution in [0.15, 0.2) is 41.3 Å². The van der Waals surface area contributed by atoms with E-state index in [4.69, 9.17) is 4.74 Å². The predicted octanol–water partition coefficient (Wildman–Crippen LogP) is 5.00. The van der Waals surface area contributed by atoms with Gasteiger partial charge in [0.1, 0.15) is 0 Å². The van der Waals surface area contributed by atoms with Crippen LogP contribution in [-0.2, 0) is 19.6 Å². The minimum absolute atomic E-state index is 0.0441. The molecule has 2 fully saturated rings. The van der Waals surface area contributed by atoms with E-state index in [1.165, 1.54) is 24.3 Å². The van der Waals surface area contributed by atoms with Crippen LogP contribution in [0.5, 0.6) is 0 Å². The van der Waals surface area contributed by atoms with Gasteiger partial charge in [0.2, 0.25) is 10.0 Å². The van der Waals surface area contributed by atoms with Crippen molar-refractivity contribution in [2.75, 3.05) is 18.5 Å². The molecule has 194 valence electrons. The first kappa shape index (κ1) is 26.4. The number of sulfonamides is 1. The minimum Gasteiger partial charge on any atom is -0.452 e. The van der Waals surface area contributed by atoms with Crippen LogP contribution in [0, 0.1) is 31.6 Å². The molecular formula is C28H36N2O5S. The lowest BCUT2D eigenvalue weighted by Crippen LogP contribution is -2.37. The molecule has 0 radical (unpaired) electrons. The van der Waals surface area contributed by atoms with Gasteiger partial charge in [0.25, 0.3) is 5.91 Å². The lowest BCUT2D eigenvalue weighted by atomic mass is 9.65. The number of anilines is 1. The Morgan fingerprint density at radius 1 is 1.06 bits per heavy atom. The summed E-state index contributed by atoms with van der Waals surface area (Å²) >= 11 is 0. The molecule has 1 amide bonds. The van der Waals surface area contributed by atoms with Crippen LogP contribution >= 0.6 is 0 Å². The molecule has 0 spiro atoms. The molecule has 8 heteroatoms. The maximum atomic E-state index is 13.6. The summed E-state index contributed by atoms with van der Waals surface area (Å²) in [5.41, 5.74) is 3.78. The number of carbonyl (C=O) groups is 2. The number of fused-ring (bicyclic) bond motifs is 2. The van der Waals surface area contributed by atoms with Crippen molar-refractivity contribution in [3.05, 3.63) is 58.7 Å². The van der Waals surface area contributed by atoms with E-state index in [2.05, 4.69) is 26.1 Å². The molecule has 1 saturated carbocycles. The average molecular weight is 513 g/mol. The molecule has 1 aliphatic heterocycles. The van der Waals surface area contributed by atoms with Crippen LogP contribution in [0.25, 0.3) is 0 Å². The molecule has 2 aromatic carbocycles. The number of rotatable bonds is 6. The Bertz CT molecular complexity index is 1290.